The molecule has 1 aromatic carbocycles. The number of nitrogens with zero attached hydrogens (tertiary/aromatic N) is 2. The van der Waals surface area contributed by atoms with Gasteiger partial charge in [-0.2, -0.15) is 0 Å². The molecule has 0 radical (unpaired) electrons. The first-order valence-electron chi connectivity index (χ1n) is 7.85. The van der Waals surface area contributed by atoms with Gasteiger partial charge in [-0.3, -0.25) is 9.69 Å². The van der Waals surface area contributed by atoms with Gasteiger partial charge in [0.2, 0.25) is 0 Å². The van der Waals surface area contributed by atoms with Crippen molar-refractivity contribution < 1.29 is 0 Å². The number of hydrogen-bond acceptors (Lipinski definition) is 2. The highest BCUT2D eigenvalue weighted by Gasteiger charge is 2.34. The largest absolute Gasteiger partial charge is 0.312 e. The lowest BCUT2D eigenvalue weighted by Crippen LogP contribution is -2.46. The summed E-state index contributed by atoms with van der Waals surface area (Å²) in [6, 6.07) is 13.8. The van der Waals surface area contributed by atoms with Gasteiger partial charge in [-0.25, -0.2) is 0 Å². The number of halogens is 1. The molecule has 1 fully saturated rings. The van der Waals surface area contributed by atoms with Crippen LogP contribution in [-0.2, 0) is 13.1 Å². The lowest BCUT2D eigenvalue weighted by molar-refractivity contribution is 0.114. The van der Waals surface area contributed by atoms with Crippen LogP contribution in [0.4, 0.5) is 0 Å². The summed E-state index contributed by atoms with van der Waals surface area (Å²) >= 11 is 5.96. The van der Waals surface area contributed by atoms with Crippen LogP contribution in [0, 0.1) is 5.92 Å². The van der Waals surface area contributed by atoms with Crippen LogP contribution in [0.3, 0.4) is 0 Å². The van der Waals surface area contributed by atoms with E-state index in [1.165, 1.54) is 17.7 Å². The van der Waals surface area contributed by atoms with Crippen molar-refractivity contribution in [3.8, 4) is 0 Å². The number of rotatable bonds is 2. The van der Waals surface area contributed by atoms with Crippen molar-refractivity contribution in [1.29, 1.82) is 0 Å². The number of likely N-dealkylation sites (tertiary alicyclic amines) is 1. The van der Waals surface area contributed by atoms with Crippen molar-refractivity contribution in [2.24, 2.45) is 5.92 Å². The van der Waals surface area contributed by atoms with Crippen molar-refractivity contribution in [3.05, 3.63) is 69.1 Å². The summed E-state index contributed by atoms with van der Waals surface area (Å²) in [5.41, 5.74) is 2.66. The third-order valence-corrected chi connectivity index (χ3v) is 5.13. The van der Waals surface area contributed by atoms with Crippen molar-refractivity contribution >= 4 is 11.6 Å². The van der Waals surface area contributed by atoms with Gasteiger partial charge in [-0.05, 0) is 36.1 Å². The first kappa shape index (κ1) is 14.0. The lowest BCUT2D eigenvalue weighted by Gasteiger charge is -2.42. The molecule has 2 aromatic rings. The molecule has 2 aliphatic heterocycles. The predicted molar refractivity (Wildman–Crippen MR) is 88.3 cm³/mol. The molecule has 0 N–H and O–H groups in total. The van der Waals surface area contributed by atoms with Gasteiger partial charge in [0.25, 0.3) is 5.56 Å². The fraction of sp³-hybridized carbons (Fsp3) is 0.389. The summed E-state index contributed by atoms with van der Waals surface area (Å²) in [4.78, 5) is 14.6. The quantitative estimate of drug-likeness (QED) is 0.851. The molecular weight excluding hydrogens is 296 g/mol. The predicted octanol–water partition coefficient (Wildman–Crippen LogP) is 3.12. The second-order valence-electron chi connectivity index (χ2n) is 6.52. The average molecular weight is 315 g/mol. The minimum absolute atomic E-state index is 0.151. The molecule has 22 heavy (non-hydrogen) atoms. The van der Waals surface area contributed by atoms with E-state index in [1.807, 2.05) is 22.8 Å². The van der Waals surface area contributed by atoms with Gasteiger partial charge in [0.05, 0.1) is 0 Å². The van der Waals surface area contributed by atoms with Crippen LogP contribution in [0.2, 0.25) is 5.02 Å². The first-order chi connectivity index (χ1) is 10.7. The van der Waals surface area contributed by atoms with E-state index >= 15 is 0 Å². The molecule has 2 atom stereocenters. The van der Waals surface area contributed by atoms with Crippen LogP contribution in [0.1, 0.15) is 23.6 Å². The van der Waals surface area contributed by atoms with Crippen molar-refractivity contribution in [2.45, 2.75) is 25.4 Å². The van der Waals surface area contributed by atoms with Crippen molar-refractivity contribution in [3.63, 3.8) is 0 Å². The number of fused-ring (bicyclic) bond motifs is 4. The number of pyridine rings is 1. The second kappa shape index (κ2) is 5.56. The number of aromatic nitrogens is 1. The Hall–Kier alpha value is -1.58. The number of benzene rings is 1. The Morgan fingerprint density at radius 2 is 1.86 bits per heavy atom. The van der Waals surface area contributed by atoms with Gasteiger partial charge in [-0.15, -0.1) is 0 Å². The Morgan fingerprint density at radius 1 is 1.05 bits per heavy atom. The Kier molecular flexibility index (Phi) is 3.55. The van der Waals surface area contributed by atoms with Crippen LogP contribution in [-0.4, -0.2) is 22.6 Å². The Bertz CT molecular complexity index is 737. The molecule has 0 aliphatic carbocycles. The lowest BCUT2D eigenvalue weighted by atomic mass is 9.83. The maximum absolute atomic E-state index is 12.0. The Balaban J connectivity index is 1.56. The summed E-state index contributed by atoms with van der Waals surface area (Å²) in [6.07, 6.45) is 1.21. The molecule has 0 saturated carbocycles. The topological polar surface area (TPSA) is 25.2 Å². The second-order valence-corrected chi connectivity index (χ2v) is 6.96. The fourth-order valence-corrected chi connectivity index (χ4v) is 4.10. The highest BCUT2D eigenvalue weighted by Crippen LogP contribution is 2.35. The zero-order valence-electron chi connectivity index (χ0n) is 12.4. The van der Waals surface area contributed by atoms with E-state index in [1.54, 1.807) is 6.07 Å². The van der Waals surface area contributed by atoms with E-state index in [-0.39, 0.29) is 5.56 Å². The first-order valence-corrected chi connectivity index (χ1v) is 8.23. The monoisotopic (exact) mass is 314 g/mol. The molecule has 1 aromatic heterocycles. The van der Waals surface area contributed by atoms with E-state index in [9.17, 15) is 4.79 Å². The SMILES string of the molecule is O=c1cccc2n1CC1CC2CN(Cc2ccc(Cl)cc2)C1. The van der Waals surface area contributed by atoms with E-state index in [0.29, 0.717) is 11.8 Å². The molecule has 2 aliphatic rings. The van der Waals surface area contributed by atoms with E-state index in [2.05, 4.69) is 23.1 Å². The van der Waals surface area contributed by atoms with E-state index < -0.39 is 0 Å². The average Bonchev–Trinajstić information content (AvgIpc) is 2.51. The molecule has 114 valence electrons. The zero-order valence-corrected chi connectivity index (χ0v) is 13.2. The summed E-state index contributed by atoms with van der Waals surface area (Å²) in [6.45, 7) is 3.92. The minimum Gasteiger partial charge on any atom is -0.312 e. The van der Waals surface area contributed by atoms with Crippen LogP contribution < -0.4 is 5.56 Å². The molecule has 4 rings (SSSR count). The van der Waals surface area contributed by atoms with Gasteiger partial charge in [0.1, 0.15) is 0 Å². The van der Waals surface area contributed by atoms with E-state index in [4.69, 9.17) is 11.6 Å². The maximum atomic E-state index is 12.0. The molecule has 4 heteroatoms. The summed E-state index contributed by atoms with van der Waals surface area (Å²) < 4.78 is 1.98. The van der Waals surface area contributed by atoms with Gasteiger partial charge >= 0.3 is 0 Å². The molecule has 2 bridgehead atoms. The molecular formula is C18H19ClN2O. The maximum Gasteiger partial charge on any atom is 0.250 e. The van der Waals surface area contributed by atoms with Crippen LogP contribution in [0.15, 0.2) is 47.3 Å². The van der Waals surface area contributed by atoms with Crippen LogP contribution in [0.25, 0.3) is 0 Å². The molecule has 1 saturated heterocycles. The molecule has 3 heterocycles. The summed E-state index contributed by atoms with van der Waals surface area (Å²) in [5.74, 6) is 1.06. The molecule has 0 amide bonds. The third kappa shape index (κ3) is 2.59. The Morgan fingerprint density at radius 3 is 2.68 bits per heavy atom. The highest BCUT2D eigenvalue weighted by molar-refractivity contribution is 6.30. The number of hydrogen-bond donors (Lipinski definition) is 0. The standard InChI is InChI=1S/C18H19ClN2O/c19-16-6-4-13(5-7-16)9-20-10-14-8-15(12-20)17-2-1-3-18(22)21(17)11-14/h1-7,14-15H,8-12H2. The highest BCUT2D eigenvalue weighted by atomic mass is 35.5. The van der Waals surface area contributed by atoms with Gasteiger partial charge in [0, 0.05) is 48.9 Å². The smallest absolute Gasteiger partial charge is 0.250 e. The van der Waals surface area contributed by atoms with E-state index in [0.717, 1.165) is 31.2 Å². The normalized spacial score (nSPS) is 24.0. The third-order valence-electron chi connectivity index (χ3n) is 4.87. The fourth-order valence-electron chi connectivity index (χ4n) is 3.97. The van der Waals surface area contributed by atoms with Crippen LogP contribution in [0.5, 0.6) is 0 Å². The Labute approximate surface area is 135 Å². The van der Waals surface area contributed by atoms with Crippen molar-refractivity contribution in [2.75, 3.05) is 13.1 Å². The van der Waals surface area contributed by atoms with Gasteiger partial charge in [0.15, 0.2) is 0 Å². The number of piperidine rings is 1. The molecule has 0 spiro atoms. The van der Waals surface area contributed by atoms with Gasteiger partial charge in [-0.1, -0.05) is 29.8 Å². The molecule has 2 unspecified atom stereocenters. The summed E-state index contributed by atoms with van der Waals surface area (Å²) in [5, 5.41) is 0.785. The van der Waals surface area contributed by atoms with Gasteiger partial charge < -0.3 is 4.57 Å². The molecule has 3 nitrogen and oxygen atoms in total. The zero-order chi connectivity index (χ0) is 15.1. The minimum atomic E-state index is 0.151. The summed E-state index contributed by atoms with van der Waals surface area (Å²) in [7, 11) is 0. The van der Waals surface area contributed by atoms with Crippen LogP contribution >= 0.6 is 11.6 Å². The van der Waals surface area contributed by atoms with Crippen molar-refractivity contribution in [1.82, 2.24) is 9.47 Å².